The Morgan fingerprint density at radius 2 is 1.63 bits per heavy atom. The van der Waals surface area contributed by atoms with Crippen molar-refractivity contribution in [1.29, 1.82) is 0 Å². The molecular formula is C26H24F2N4O2S. The number of fused-ring (bicyclic) bond motifs is 1. The van der Waals surface area contributed by atoms with Crippen molar-refractivity contribution in [3.05, 3.63) is 102 Å². The average molecular weight is 495 g/mol. The van der Waals surface area contributed by atoms with Crippen LogP contribution in [0.15, 0.2) is 90.6 Å². The van der Waals surface area contributed by atoms with Crippen LogP contribution in [-0.4, -0.2) is 36.6 Å². The highest BCUT2D eigenvalue weighted by Gasteiger charge is 2.26. The van der Waals surface area contributed by atoms with Crippen LogP contribution < -0.4 is 4.31 Å². The summed E-state index contributed by atoms with van der Waals surface area (Å²) in [5.41, 5.74) is 3.72. The van der Waals surface area contributed by atoms with Crippen LogP contribution in [0, 0.1) is 6.92 Å². The average Bonchev–Trinajstić information content (AvgIpc) is 3.18. The van der Waals surface area contributed by atoms with Crippen molar-refractivity contribution in [2.75, 3.05) is 10.6 Å². The molecule has 0 aliphatic carbocycles. The van der Waals surface area contributed by atoms with Crippen LogP contribution in [0.5, 0.6) is 0 Å². The van der Waals surface area contributed by atoms with Gasteiger partial charge in [0.1, 0.15) is 6.54 Å². The number of alkyl halides is 2. The predicted molar refractivity (Wildman–Crippen MR) is 136 cm³/mol. The lowest BCUT2D eigenvalue weighted by molar-refractivity contribution is 0.123. The van der Waals surface area contributed by atoms with Crippen molar-refractivity contribution >= 4 is 38.1 Å². The lowest BCUT2D eigenvalue weighted by Crippen LogP contribution is -2.24. The number of rotatable bonds is 8. The summed E-state index contributed by atoms with van der Waals surface area (Å²) in [5, 5.41) is 4.70. The maximum Gasteiger partial charge on any atom is 0.257 e. The van der Waals surface area contributed by atoms with Crippen molar-refractivity contribution in [1.82, 2.24) is 9.78 Å². The van der Waals surface area contributed by atoms with E-state index in [1.807, 2.05) is 60.7 Å². The quantitative estimate of drug-likeness (QED) is 0.296. The molecule has 0 atom stereocenters. The molecule has 3 aromatic carbocycles. The third-order valence-electron chi connectivity index (χ3n) is 5.43. The van der Waals surface area contributed by atoms with Crippen LogP contribution in [0.2, 0.25) is 0 Å². The Morgan fingerprint density at radius 1 is 1.06 bits per heavy atom. The van der Waals surface area contributed by atoms with E-state index < -0.39 is 23.0 Å². The molecule has 1 heterocycles. The normalized spacial score (nSPS) is 11.6. The fourth-order valence-electron chi connectivity index (χ4n) is 3.93. The Labute approximate surface area is 202 Å². The van der Waals surface area contributed by atoms with Gasteiger partial charge in [-0.15, -0.1) is 0 Å². The van der Waals surface area contributed by atoms with Crippen LogP contribution in [-0.2, 0) is 16.6 Å². The summed E-state index contributed by atoms with van der Waals surface area (Å²) in [5.74, 6) is 0.00803. The topological polar surface area (TPSA) is 67.6 Å². The molecule has 0 saturated heterocycles. The van der Waals surface area contributed by atoms with E-state index >= 15 is 0 Å². The molecule has 9 heteroatoms. The van der Waals surface area contributed by atoms with E-state index in [2.05, 4.69) is 11.7 Å². The SMILES string of the molecule is C=CN(c1nn(CC(F)F)c2c(N=C(c3ccccc3)c3ccccc3)ccc(C)c12)S(C)(=O)=O. The number of halogens is 2. The van der Waals surface area contributed by atoms with Gasteiger partial charge in [0.25, 0.3) is 6.43 Å². The van der Waals surface area contributed by atoms with Gasteiger partial charge in [0.2, 0.25) is 10.0 Å². The highest BCUT2D eigenvalue weighted by Crippen LogP contribution is 2.37. The molecule has 180 valence electrons. The van der Waals surface area contributed by atoms with Crippen LogP contribution in [0.1, 0.15) is 16.7 Å². The Morgan fingerprint density at radius 3 is 2.11 bits per heavy atom. The molecule has 4 rings (SSSR count). The third-order valence-corrected chi connectivity index (χ3v) is 6.47. The standard InChI is InChI=1S/C26H24F2N4O2S/c1-4-32(35(3,33)34)26-23-18(2)15-16-21(25(23)31(30-26)17-22(27)28)29-24(19-11-7-5-8-12-19)20-13-9-6-10-14-20/h4-16,22H,1,17H2,2-3H3. The van der Waals surface area contributed by atoms with Gasteiger partial charge in [-0.2, -0.15) is 5.10 Å². The fraction of sp³-hybridized carbons (Fsp3) is 0.154. The zero-order chi connectivity index (χ0) is 25.2. The third kappa shape index (κ3) is 5.00. The smallest absolute Gasteiger partial charge is 0.255 e. The second-order valence-electron chi connectivity index (χ2n) is 7.96. The van der Waals surface area contributed by atoms with Crippen LogP contribution >= 0.6 is 0 Å². The molecule has 0 bridgehead atoms. The summed E-state index contributed by atoms with van der Waals surface area (Å²) in [7, 11) is -3.80. The summed E-state index contributed by atoms with van der Waals surface area (Å²) < 4.78 is 53.9. The number of aromatic nitrogens is 2. The molecule has 0 saturated carbocycles. The molecule has 0 N–H and O–H groups in total. The number of sulfonamides is 1. The van der Waals surface area contributed by atoms with E-state index in [-0.39, 0.29) is 5.82 Å². The minimum Gasteiger partial charge on any atom is -0.255 e. The summed E-state index contributed by atoms with van der Waals surface area (Å²) >= 11 is 0. The van der Waals surface area contributed by atoms with Crippen molar-refractivity contribution in [2.45, 2.75) is 19.9 Å². The lowest BCUT2D eigenvalue weighted by Gasteiger charge is -2.15. The molecule has 35 heavy (non-hydrogen) atoms. The van der Waals surface area contributed by atoms with Crippen LogP contribution in [0.3, 0.4) is 0 Å². The van der Waals surface area contributed by atoms with E-state index in [9.17, 15) is 17.2 Å². The van der Waals surface area contributed by atoms with E-state index in [0.29, 0.717) is 27.9 Å². The van der Waals surface area contributed by atoms with E-state index in [4.69, 9.17) is 4.99 Å². The molecule has 4 aromatic rings. The highest BCUT2D eigenvalue weighted by atomic mass is 32.2. The van der Waals surface area contributed by atoms with Crippen LogP contribution in [0.4, 0.5) is 20.3 Å². The summed E-state index contributed by atoms with van der Waals surface area (Å²) in [6, 6.07) is 22.6. The first-order valence-corrected chi connectivity index (χ1v) is 12.6. The predicted octanol–water partition coefficient (Wildman–Crippen LogP) is 5.69. The molecular weight excluding hydrogens is 470 g/mol. The molecule has 0 unspecified atom stereocenters. The van der Waals surface area contributed by atoms with Gasteiger partial charge in [-0.3, -0.25) is 4.68 Å². The molecule has 0 aliphatic heterocycles. The molecule has 0 radical (unpaired) electrons. The molecule has 1 aromatic heterocycles. The van der Waals surface area contributed by atoms with E-state index in [0.717, 1.165) is 32.6 Å². The van der Waals surface area contributed by atoms with E-state index in [1.165, 1.54) is 0 Å². The largest absolute Gasteiger partial charge is 0.257 e. The maximum absolute atomic E-state index is 13.6. The molecule has 0 spiro atoms. The van der Waals surface area contributed by atoms with Crippen LogP contribution in [0.25, 0.3) is 10.9 Å². The van der Waals surface area contributed by atoms with Crippen molar-refractivity contribution < 1.29 is 17.2 Å². The summed E-state index contributed by atoms with van der Waals surface area (Å²) in [4.78, 5) is 4.91. The van der Waals surface area contributed by atoms with Gasteiger partial charge in [-0.05, 0) is 18.6 Å². The summed E-state index contributed by atoms with van der Waals surface area (Å²) in [6.45, 7) is 4.63. The second-order valence-corrected chi connectivity index (χ2v) is 9.82. The number of aliphatic imine (C=N–C) groups is 1. The van der Waals surface area contributed by atoms with Gasteiger partial charge in [-0.1, -0.05) is 73.3 Å². The molecule has 0 fully saturated rings. The zero-order valence-electron chi connectivity index (χ0n) is 19.3. The lowest BCUT2D eigenvalue weighted by atomic mass is 10.0. The van der Waals surface area contributed by atoms with Gasteiger partial charge in [0.05, 0.1) is 28.6 Å². The van der Waals surface area contributed by atoms with Gasteiger partial charge in [-0.25, -0.2) is 26.5 Å². The maximum atomic E-state index is 13.6. The molecule has 0 aliphatic rings. The zero-order valence-corrected chi connectivity index (χ0v) is 20.1. The molecule has 6 nitrogen and oxygen atoms in total. The van der Waals surface area contributed by atoms with E-state index in [1.54, 1.807) is 19.1 Å². The first kappa shape index (κ1) is 24.3. The van der Waals surface area contributed by atoms with Gasteiger partial charge < -0.3 is 0 Å². The first-order chi connectivity index (χ1) is 16.7. The summed E-state index contributed by atoms with van der Waals surface area (Å²) in [6.07, 6.45) is -0.590. The number of nitrogens with zero attached hydrogens (tertiary/aromatic N) is 4. The fourth-order valence-corrected chi connectivity index (χ4v) is 4.65. The highest BCUT2D eigenvalue weighted by molar-refractivity contribution is 7.92. The number of hydrogen-bond acceptors (Lipinski definition) is 4. The number of hydrogen-bond donors (Lipinski definition) is 0. The Balaban J connectivity index is 2.06. The molecule has 0 amide bonds. The minimum absolute atomic E-state index is 0.00803. The van der Waals surface area contributed by atoms with Gasteiger partial charge >= 0.3 is 0 Å². The van der Waals surface area contributed by atoms with Crippen molar-refractivity contribution in [2.24, 2.45) is 4.99 Å². The number of anilines is 1. The van der Waals surface area contributed by atoms with Gasteiger partial charge in [0.15, 0.2) is 5.82 Å². The van der Waals surface area contributed by atoms with Crippen molar-refractivity contribution in [3.63, 3.8) is 0 Å². The second kappa shape index (κ2) is 9.79. The van der Waals surface area contributed by atoms with Gasteiger partial charge in [0, 0.05) is 17.3 Å². The Kier molecular flexibility index (Phi) is 6.79. The minimum atomic E-state index is -3.80. The first-order valence-electron chi connectivity index (χ1n) is 10.8. The Bertz CT molecular complexity index is 1460. The number of benzene rings is 3. The monoisotopic (exact) mass is 494 g/mol. The Hall–Kier alpha value is -3.85. The van der Waals surface area contributed by atoms with Crippen molar-refractivity contribution in [3.8, 4) is 0 Å². The number of aryl methyl sites for hydroxylation is 1.